The van der Waals surface area contributed by atoms with E-state index < -0.39 is 12.4 Å². The lowest BCUT2D eigenvalue weighted by molar-refractivity contribution is 0.300. The Morgan fingerprint density at radius 2 is 2.27 bits per heavy atom. The van der Waals surface area contributed by atoms with E-state index in [0.29, 0.717) is 5.56 Å². The zero-order valence-corrected chi connectivity index (χ0v) is 8.02. The summed E-state index contributed by atoms with van der Waals surface area (Å²) in [4.78, 5) is 4.16. The summed E-state index contributed by atoms with van der Waals surface area (Å²) in [6.45, 7) is -0.569. The van der Waals surface area contributed by atoms with Crippen molar-refractivity contribution in [3.8, 4) is 0 Å². The van der Waals surface area contributed by atoms with Crippen LogP contribution in [0.4, 0.5) is 4.39 Å². The highest BCUT2D eigenvalue weighted by Gasteiger charge is 1.96. The molecule has 0 fully saturated rings. The maximum atomic E-state index is 12.8. The fraction of sp³-hybridized carbons (Fsp3) is 0.0833. The van der Waals surface area contributed by atoms with E-state index in [0.717, 1.165) is 10.9 Å². The highest BCUT2D eigenvalue weighted by atomic mass is 19.1. The summed E-state index contributed by atoms with van der Waals surface area (Å²) in [7, 11) is 0. The molecule has 0 bridgehead atoms. The van der Waals surface area contributed by atoms with Crippen LogP contribution in [-0.2, 0) is 0 Å². The Balaban J connectivity index is 2.47. The van der Waals surface area contributed by atoms with Gasteiger partial charge in [-0.2, -0.15) is 0 Å². The molecule has 1 aromatic carbocycles. The Hall–Kier alpha value is -1.74. The van der Waals surface area contributed by atoms with E-state index in [9.17, 15) is 4.39 Å². The van der Waals surface area contributed by atoms with Gasteiger partial charge in [0, 0.05) is 11.6 Å². The number of pyridine rings is 1. The van der Waals surface area contributed by atoms with Crippen LogP contribution < -0.4 is 0 Å². The van der Waals surface area contributed by atoms with Crippen LogP contribution in [0.2, 0.25) is 0 Å². The Kier molecular flexibility index (Phi) is 2.74. The minimum absolute atomic E-state index is 0.551. The molecule has 15 heavy (non-hydrogen) atoms. The SMILES string of the molecule is OCC(F)=Cc1ccc2cccnc2c1. The first-order valence-electron chi connectivity index (χ1n) is 4.61. The highest BCUT2D eigenvalue weighted by molar-refractivity contribution is 5.80. The van der Waals surface area contributed by atoms with E-state index in [1.54, 1.807) is 18.3 Å². The first-order chi connectivity index (χ1) is 7.29. The third kappa shape index (κ3) is 2.19. The van der Waals surface area contributed by atoms with Gasteiger partial charge in [-0.15, -0.1) is 0 Å². The lowest BCUT2D eigenvalue weighted by atomic mass is 10.1. The van der Waals surface area contributed by atoms with Gasteiger partial charge in [-0.25, -0.2) is 4.39 Å². The molecule has 0 saturated carbocycles. The van der Waals surface area contributed by atoms with Crippen LogP contribution in [0.25, 0.3) is 17.0 Å². The second kappa shape index (κ2) is 4.19. The zero-order chi connectivity index (χ0) is 10.7. The van der Waals surface area contributed by atoms with Gasteiger partial charge in [0.05, 0.1) is 12.1 Å². The molecule has 3 heteroatoms. The molecule has 2 rings (SSSR count). The van der Waals surface area contributed by atoms with Gasteiger partial charge >= 0.3 is 0 Å². The Labute approximate surface area is 86.7 Å². The van der Waals surface area contributed by atoms with Gasteiger partial charge in [0.1, 0.15) is 5.83 Å². The molecule has 0 aliphatic rings. The Morgan fingerprint density at radius 1 is 1.40 bits per heavy atom. The summed E-state index contributed by atoms with van der Waals surface area (Å²) in [6, 6.07) is 9.24. The summed E-state index contributed by atoms with van der Waals surface area (Å²) >= 11 is 0. The first kappa shape index (κ1) is 9.80. The van der Waals surface area contributed by atoms with Crippen molar-refractivity contribution < 1.29 is 9.50 Å². The maximum Gasteiger partial charge on any atom is 0.126 e. The summed E-state index contributed by atoms with van der Waals surface area (Å²) in [5, 5.41) is 9.56. The smallest absolute Gasteiger partial charge is 0.126 e. The quantitative estimate of drug-likeness (QED) is 0.813. The van der Waals surface area contributed by atoms with Gasteiger partial charge in [0.15, 0.2) is 0 Å². The third-order valence-corrected chi connectivity index (χ3v) is 2.10. The summed E-state index contributed by atoms with van der Waals surface area (Å²) in [5.41, 5.74) is 1.52. The molecule has 0 atom stereocenters. The third-order valence-electron chi connectivity index (χ3n) is 2.10. The molecule has 0 amide bonds. The number of aromatic nitrogens is 1. The molecule has 0 spiro atoms. The molecule has 0 aliphatic carbocycles. The number of rotatable bonds is 2. The average Bonchev–Trinajstić information content (AvgIpc) is 2.29. The van der Waals surface area contributed by atoms with Gasteiger partial charge in [-0.05, 0) is 23.8 Å². The van der Waals surface area contributed by atoms with E-state index in [4.69, 9.17) is 5.11 Å². The Bertz CT molecular complexity index is 508. The molecule has 0 radical (unpaired) electrons. The van der Waals surface area contributed by atoms with Crippen LogP contribution in [0, 0.1) is 0 Å². The van der Waals surface area contributed by atoms with Crippen molar-refractivity contribution in [1.29, 1.82) is 0 Å². The normalized spacial score (nSPS) is 12.0. The van der Waals surface area contributed by atoms with Crippen LogP contribution in [-0.4, -0.2) is 16.7 Å². The van der Waals surface area contributed by atoms with Crippen molar-refractivity contribution in [2.45, 2.75) is 0 Å². The second-order valence-corrected chi connectivity index (χ2v) is 3.20. The Morgan fingerprint density at radius 3 is 3.07 bits per heavy atom. The first-order valence-corrected chi connectivity index (χ1v) is 4.61. The minimum atomic E-state index is -0.569. The maximum absolute atomic E-state index is 12.8. The number of aliphatic hydroxyl groups is 1. The van der Waals surface area contributed by atoms with Gasteiger partial charge in [0.25, 0.3) is 0 Å². The van der Waals surface area contributed by atoms with Crippen LogP contribution in [0.3, 0.4) is 0 Å². The van der Waals surface area contributed by atoms with Crippen molar-refractivity contribution in [1.82, 2.24) is 4.98 Å². The van der Waals surface area contributed by atoms with E-state index in [1.807, 2.05) is 18.2 Å². The van der Waals surface area contributed by atoms with Gasteiger partial charge in [-0.1, -0.05) is 18.2 Å². The topological polar surface area (TPSA) is 33.1 Å². The van der Waals surface area contributed by atoms with Crippen LogP contribution in [0.1, 0.15) is 5.56 Å². The highest BCUT2D eigenvalue weighted by Crippen LogP contribution is 2.15. The molecule has 2 aromatic rings. The van der Waals surface area contributed by atoms with Crippen LogP contribution >= 0.6 is 0 Å². The van der Waals surface area contributed by atoms with E-state index >= 15 is 0 Å². The molecule has 0 unspecified atom stereocenters. The molecule has 1 N–H and O–H groups in total. The molecule has 76 valence electrons. The van der Waals surface area contributed by atoms with Gasteiger partial charge in [-0.3, -0.25) is 4.98 Å². The molecule has 0 saturated heterocycles. The van der Waals surface area contributed by atoms with Crippen molar-refractivity contribution >= 4 is 17.0 Å². The fourth-order valence-corrected chi connectivity index (χ4v) is 1.40. The molecule has 0 aliphatic heterocycles. The number of fused-ring (bicyclic) bond motifs is 1. The minimum Gasteiger partial charge on any atom is -0.389 e. The predicted molar refractivity (Wildman–Crippen MR) is 57.9 cm³/mol. The molecule has 1 heterocycles. The van der Waals surface area contributed by atoms with Gasteiger partial charge < -0.3 is 5.11 Å². The molecular weight excluding hydrogens is 193 g/mol. The predicted octanol–water partition coefficient (Wildman–Crippen LogP) is 2.54. The molecule has 1 aromatic heterocycles. The average molecular weight is 203 g/mol. The van der Waals surface area contributed by atoms with Crippen molar-refractivity contribution in [3.63, 3.8) is 0 Å². The molecular formula is C12H10FNO. The van der Waals surface area contributed by atoms with E-state index in [2.05, 4.69) is 4.98 Å². The van der Waals surface area contributed by atoms with Crippen molar-refractivity contribution in [2.75, 3.05) is 6.61 Å². The van der Waals surface area contributed by atoms with Gasteiger partial charge in [0.2, 0.25) is 0 Å². The standard InChI is InChI=1S/C12H10FNO/c13-11(8-15)6-9-3-4-10-2-1-5-14-12(10)7-9/h1-7,15H,8H2. The summed E-state index contributed by atoms with van der Waals surface area (Å²) < 4.78 is 12.8. The van der Waals surface area contributed by atoms with Crippen molar-refractivity contribution in [2.24, 2.45) is 0 Å². The number of benzene rings is 1. The van der Waals surface area contributed by atoms with E-state index in [1.165, 1.54) is 6.08 Å². The molecule has 2 nitrogen and oxygen atoms in total. The summed E-state index contributed by atoms with van der Waals surface area (Å²) in [5.74, 6) is -0.551. The van der Waals surface area contributed by atoms with Crippen molar-refractivity contribution in [3.05, 3.63) is 47.9 Å². The number of aliphatic hydroxyl groups excluding tert-OH is 1. The second-order valence-electron chi connectivity index (χ2n) is 3.20. The number of hydrogen-bond acceptors (Lipinski definition) is 2. The van der Waals surface area contributed by atoms with Crippen LogP contribution in [0.5, 0.6) is 0 Å². The van der Waals surface area contributed by atoms with E-state index in [-0.39, 0.29) is 0 Å². The number of hydrogen-bond donors (Lipinski definition) is 1. The number of halogens is 1. The zero-order valence-electron chi connectivity index (χ0n) is 8.02. The lowest BCUT2D eigenvalue weighted by Crippen LogP contribution is -1.83. The lowest BCUT2D eigenvalue weighted by Gasteiger charge is -1.98. The summed E-state index contributed by atoms with van der Waals surface area (Å²) in [6.07, 6.45) is 2.99. The fourth-order valence-electron chi connectivity index (χ4n) is 1.40. The number of nitrogens with zero attached hydrogens (tertiary/aromatic N) is 1. The largest absolute Gasteiger partial charge is 0.389 e. The van der Waals surface area contributed by atoms with Crippen LogP contribution in [0.15, 0.2) is 42.4 Å². The monoisotopic (exact) mass is 203 g/mol.